The van der Waals surface area contributed by atoms with Crippen LogP contribution in [0.1, 0.15) is 113 Å². The molecule has 0 bridgehead atoms. The zero-order valence-electron chi connectivity index (χ0n) is 42.1. The van der Waals surface area contributed by atoms with Gasteiger partial charge in [-0.25, -0.2) is 9.79 Å². The van der Waals surface area contributed by atoms with Crippen LogP contribution in [0.3, 0.4) is 0 Å². The summed E-state index contributed by atoms with van der Waals surface area (Å²) in [4.78, 5) is 35.8. The van der Waals surface area contributed by atoms with E-state index in [4.69, 9.17) is 47.0 Å². The van der Waals surface area contributed by atoms with E-state index in [0.29, 0.717) is 47.5 Å². The number of hydrogen-bond acceptors (Lipinski definition) is 12. The Morgan fingerprint density at radius 2 is 1.37 bits per heavy atom. The maximum atomic E-state index is 15.7. The second-order valence-electron chi connectivity index (χ2n) is 19.9. The minimum absolute atomic E-state index is 0.0441. The molecule has 0 aliphatic carbocycles. The largest absolute Gasteiger partial charge is 0.492 e. The SMILES string of the molecule is CCC[C@@H]1Cc2cc(CO[Si](C(C)C)(C(C)C)C(C)C)c(-c3c(C4=N[C@@H](C(C)C)CO4)c(OC)c4oc5ccc6c(c5c(=O)c4c3OCc3ccccc3)OCO6)c(OCc3ccccc3)c2C(=O)O1. The Morgan fingerprint density at radius 1 is 0.714 bits per heavy atom. The summed E-state index contributed by atoms with van der Waals surface area (Å²) >= 11 is 0. The van der Waals surface area contributed by atoms with Crippen molar-refractivity contribution in [3.05, 3.63) is 122 Å². The van der Waals surface area contributed by atoms with Gasteiger partial charge in [0.15, 0.2) is 22.8 Å². The molecule has 0 amide bonds. The van der Waals surface area contributed by atoms with E-state index in [1.165, 1.54) is 7.11 Å². The Balaban J connectivity index is 1.47. The van der Waals surface area contributed by atoms with Crippen molar-refractivity contribution in [3.63, 3.8) is 0 Å². The van der Waals surface area contributed by atoms with Gasteiger partial charge in [-0.1, -0.05) is 135 Å². The van der Waals surface area contributed by atoms with Crippen LogP contribution >= 0.6 is 0 Å². The topological polar surface area (TPSA) is 133 Å². The van der Waals surface area contributed by atoms with Crippen LogP contribution in [0, 0.1) is 5.92 Å². The smallest absolute Gasteiger partial charge is 0.342 e. The van der Waals surface area contributed by atoms with E-state index in [1.54, 1.807) is 12.1 Å². The highest BCUT2D eigenvalue weighted by Gasteiger charge is 2.46. The first-order chi connectivity index (χ1) is 33.8. The normalized spacial score (nSPS) is 16.6. The first-order valence-electron chi connectivity index (χ1n) is 24.8. The van der Waals surface area contributed by atoms with Crippen LogP contribution in [0.15, 0.2) is 93.1 Å². The molecule has 0 radical (unpaired) electrons. The van der Waals surface area contributed by atoms with Gasteiger partial charge in [0.2, 0.25) is 26.4 Å². The van der Waals surface area contributed by atoms with Gasteiger partial charge in [-0.05, 0) is 63.3 Å². The minimum Gasteiger partial charge on any atom is -0.492 e. The molecule has 368 valence electrons. The van der Waals surface area contributed by atoms with Crippen LogP contribution in [0.25, 0.3) is 33.1 Å². The molecule has 2 atom stereocenters. The summed E-state index contributed by atoms with van der Waals surface area (Å²) in [5.41, 5.74) is 5.49. The number of carbonyl (C=O) groups is 1. The van der Waals surface area contributed by atoms with Crippen molar-refractivity contribution >= 4 is 42.1 Å². The van der Waals surface area contributed by atoms with E-state index in [2.05, 4.69) is 68.4 Å². The predicted octanol–water partition coefficient (Wildman–Crippen LogP) is 12.9. The van der Waals surface area contributed by atoms with E-state index in [-0.39, 0.29) is 112 Å². The fourth-order valence-electron chi connectivity index (χ4n) is 11.0. The van der Waals surface area contributed by atoms with Crippen molar-refractivity contribution in [1.29, 1.82) is 0 Å². The van der Waals surface area contributed by atoms with E-state index < -0.39 is 19.7 Å². The van der Waals surface area contributed by atoms with Crippen LogP contribution < -0.4 is 29.1 Å². The Labute approximate surface area is 411 Å². The van der Waals surface area contributed by atoms with Gasteiger partial charge in [-0.3, -0.25) is 4.79 Å². The standard InChI is InChI=1S/C57H65NO11Si/c1-11-18-40-26-38-25-39(29-67-70(33(4)5,34(6)7)35(8)9)44(52(45(38)57(60)68-40)62-27-36-19-14-12-15-20-36)47-48(56-58-41(30-64-56)32(2)3)54(61-10)55-49(53(47)63-28-37-21-16-13-17-22-37)50(59)46-42(69-55)23-24-43-51(46)66-31-65-43/h12-17,19-25,32-35,40-41H,11,18,26-31H2,1-10H3/t40-,41-/m1/s1. The predicted molar refractivity (Wildman–Crippen MR) is 274 cm³/mol. The molecule has 0 fully saturated rings. The van der Waals surface area contributed by atoms with Crippen LogP contribution in [-0.2, 0) is 40.1 Å². The molecule has 9 rings (SSSR count). The van der Waals surface area contributed by atoms with Crippen LogP contribution in [0.5, 0.6) is 28.7 Å². The molecule has 5 aromatic carbocycles. The van der Waals surface area contributed by atoms with Gasteiger partial charge in [0.05, 0.1) is 25.3 Å². The van der Waals surface area contributed by atoms with Crippen molar-refractivity contribution in [2.75, 3.05) is 20.5 Å². The van der Waals surface area contributed by atoms with Crippen LogP contribution in [0.4, 0.5) is 0 Å². The number of esters is 1. The molecule has 0 saturated heterocycles. The number of carbonyl (C=O) groups excluding carboxylic acids is 1. The number of rotatable bonds is 18. The molecule has 3 aliphatic heterocycles. The summed E-state index contributed by atoms with van der Waals surface area (Å²) in [5.74, 6) is 1.19. The third-order valence-electron chi connectivity index (χ3n) is 14.3. The van der Waals surface area contributed by atoms with E-state index in [9.17, 15) is 4.79 Å². The second kappa shape index (κ2) is 20.2. The van der Waals surface area contributed by atoms with Gasteiger partial charge >= 0.3 is 5.97 Å². The fraction of sp³-hybridized carbons (Fsp3) is 0.421. The minimum atomic E-state index is -2.57. The van der Waals surface area contributed by atoms with Gasteiger partial charge < -0.3 is 42.0 Å². The number of cyclic esters (lactones) is 1. The molecule has 3 aliphatic rings. The highest BCUT2D eigenvalue weighted by molar-refractivity contribution is 6.77. The van der Waals surface area contributed by atoms with Crippen LogP contribution in [-0.4, -0.2) is 52.8 Å². The number of aliphatic imine (C=N–C) groups is 1. The summed E-state index contributed by atoms with van der Waals surface area (Å²) in [5, 5.41) is 0.269. The lowest BCUT2D eigenvalue weighted by molar-refractivity contribution is 0.0230. The molecule has 13 heteroatoms. The maximum Gasteiger partial charge on any atom is 0.342 e. The van der Waals surface area contributed by atoms with Crippen molar-refractivity contribution in [3.8, 4) is 39.9 Å². The summed E-state index contributed by atoms with van der Waals surface area (Å²) < 4.78 is 59.9. The number of hydrogen-bond donors (Lipinski definition) is 0. The lowest BCUT2D eigenvalue weighted by Crippen LogP contribution is -2.47. The van der Waals surface area contributed by atoms with Gasteiger partial charge in [-0.15, -0.1) is 0 Å². The van der Waals surface area contributed by atoms with Crippen molar-refractivity contribution < 1.29 is 46.8 Å². The monoisotopic (exact) mass is 967 g/mol. The van der Waals surface area contributed by atoms with Gasteiger partial charge in [-0.2, -0.15) is 0 Å². The lowest BCUT2D eigenvalue weighted by Gasteiger charge is -2.42. The maximum absolute atomic E-state index is 15.7. The third-order valence-corrected chi connectivity index (χ3v) is 20.3. The Morgan fingerprint density at radius 3 is 1.97 bits per heavy atom. The van der Waals surface area contributed by atoms with E-state index in [0.717, 1.165) is 28.7 Å². The van der Waals surface area contributed by atoms with Gasteiger partial charge in [0.1, 0.15) is 59.3 Å². The summed E-state index contributed by atoms with van der Waals surface area (Å²) in [6, 6.07) is 24.8. The Kier molecular flexibility index (Phi) is 14.0. The van der Waals surface area contributed by atoms with E-state index in [1.807, 2.05) is 60.7 Å². The molecule has 1 aromatic heterocycles. The molecule has 0 saturated carbocycles. The summed E-state index contributed by atoms with van der Waals surface area (Å²) in [6.07, 6.45) is 1.68. The molecular weight excluding hydrogens is 903 g/mol. The Hall–Kier alpha value is -6.31. The number of fused-ring (bicyclic) bond motifs is 5. The lowest BCUT2D eigenvalue weighted by atomic mass is 9.85. The van der Waals surface area contributed by atoms with Crippen molar-refractivity contribution in [1.82, 2.24) is 0 Å². The summed E-state index contributed by atoms with van der Waals surface area (Å²) in [6.45, 7) is 20.4. The second-order valence-corrected chi connectivity index (χ2v) is 25.4. The van der Waals surface area contributed by atoms with Gasteiger partial charge in [0.25, 0.3) is 0 Å². The molecule has 0 N–H and O–H groups in total. The van der Waals surface area contributed by atoms with Crippen molar-refractivity contribution in [2.45, 2.75) is 130 Å². The van der Waals surface area contributed by atoms with E-state index >= 15 is 4.79 Å². The zero-order chi connectivity index (χ0) is 49.4. The number of nitrogens with zero attached hydrogens (tertiary/aromatic N) is 1. The molecule has 12 nitrogen and oxygen atoms in total. The first kappa shape index (κ1) is 48.7. The molecule has 70 heavy (non-hydrogen) atoms. The molecular formula is C57H65NO11Si. The highest BCUT2D eigenvalue weighted by Crippen LogP contribution is 2.54. The molecule has 0 spiro atoms. The van der Waals surface area contributed by atoms with Crippen LogP contribution in [0.2, 0.25) is 16.6 Å². The molecule has 4 heterocycles. The number of methoxy groups -OCH3 is 1. The highest BCUT2D eigenvalue weighted by atomic mass is 28.4. The fourth-order valence-corrected chi connectivity index (χ4v) is 16.4. The molecule has 6 aromatic rings. The van der Waals surface area contributed by atoms with Gasteiger partial charge in [0, 0.05) is 17.5 Å². The average Bonchev–Trinajstić information content (AvgIpc) is 4.04. The van der Waals surface area contributed by atoms with Crippen molar-refractivity contribution in [2.24, 2.45) is 10.9 Å². The molecule has 0 unspecified atom stereocenters. The first-order valence-corrected chi connectivity index (χ1v) is 26.9. The Bertz CT molecular complexity index is 2980. The zero-order valence-corrected chi connectivity index (χ0v) is 43.1. The average molecular weight is 968 g/mol. The number of benzene rings is 5. The quantitative estimate of drug-likeness (QED) is 0.0463. The third kappa shape index (κ3) is 8.80. The number of ether oxygens (including phenoxy) is 7. The summed E-state index contributed by atoms with van der Waals surface area (Å²) in [7, 11) is -1.03.